The Morgan fingerprint density at radius 2 is 1.65 bits per heavy atom. The minimum absolute atomic E-state index is 0.0201. The van der Waals surface area contributed by atoms with Gasteiger partial charge >= 0.3 is 11.9 Å². The number of hydrogen-bond donors (Lipinski definition) is 0. The molecule has 15 heteroatoms. The summed E-state index contributed by atoms with van der Waals surface area (Å²) in [5.41, 5.74) is -0.661. The third-order valence-corrected chi connectivity index (χ3v) is 6.02. The van der Waals surface area contributed by atoms with Gasteiger partial charge < -0.3 is 14.6 Å². The van der Waals surface area contributed by atoms with Gasteiger partial charge in [0.25, 0.3) is 29.3 Å². The Balaban J connectivity index is 1.46. The maximum Gasteiger partial charge on any atom is 0.364 e. The number of anilines is 1. The largest absolute Gasteiger partial charge is 0.364 e. The van der Waals surface area contributed by atoms with Crippen LogP contribution in [0.25, 0.3) is 0 Å². The number of nitrogens with zero attached hydrogens (tertiary/aromatic N) is 4. The predicted molar refractivity (Wildman–Crippen MR) is 117 cm³/mol. The van der Waals surface area contributed by atoms with Crippen molar-refractivity contribution in [1.82, 2.24) is 10.1 Å². The highest BCUT2D eigenvalue weighted by atomic mass is 16.7. The van der Waals surface area contributed by atoms with Gasteiger partial charge in [0.05, 0.1) is 16.9 Å². The maximum absolute atomic E-state index is 12.8. The summed E-state index contributed by atoms with van der Waals surface area (Å²) < 4.78 is 0. The highest BCUT2D eigenvalue weighted by Gasteiger charge is 2.40. The van der Waals surface area contributed by atoms with Crippen LogP contribution in [0.5, 0.6) is 0 Å². The van der Waals surface area contributed by atoms with Crippen LogP contribution >= 0.6 is 0 Å². The Hall–Kier alpha value is -4.69. The smallest absolute Gasteiger partial charge is 0.330 e. The van der Waals surface area contributed by atoms with Gasteiger partial charge in [-0.3, -0.25) is 34.1 Å². The normalized spacial score (nSPS) is 18.9. The number of carbonyl (C=O) groups is 7. The number of nitro benzene ring substituents is 1. The minimum Gasteiger partial charge on any atom is -0.330 e. The minimum atomic E-state index is -1.15. The second-order valence-electron chi connectivity index (χ2n) is 8.61. The Labute approximate surface area is 207 Å². The van der Waals surface area contributed by atoms with E-state index in [4.69, 9.17) is 9.68 Å². The fourth-order valence-corrected chi connectivity index (χ4v) is 4.17. The van der Waals surface area contributed by atoms with Crippen molar-refractivity contribution < 1.29 is 48.2 Å². The fourth-order valence-electron chi connectivity index (χ4n) is 4.17. The van der Waals surface area contributed by atoms with E-state index in [0.29, 0.717) is 10.1 Å². The van der Waals surface area contributed by atoms with E-state index >= 15 is 0 Å². The van der Waals surface area contributed by atoms with Gasteiger partial charge in [-0.1, -0.05) is 6.92 Å². The topological polar surface area (TPSA) is 191 Å². The highest BCUT2D eigenvalue weighted by molar-refractivity contribution is 6.05. The molecule has 0 saturated carbocycles. The quantitative estimate of drug-likeness (QED) is 0.276. The Kier molecular flexibility index (Phi) is 6.70. The number of nitro groups is 1. The second-order valence-corrected chi connectivity index (χ2v) is 8.61. The van der Waals surface area contributed by atoms with Gasteiger partial charge in [-0.15, -0.1) is 10.1 Å². The summed E-state index contributed by atoms with van der Waals surface area (Å²) in [4.78, 5) is 106. The number of imide groups is 2. The average Bonchev–Trinajstić information content (AvgIpc) is 3.49. The zero-order valence-corrected chi connectivity index (χ0v) is 19.5. The number of hydrogen-bond acceptors (Lipinski definition) is 11. The molecule has 0 aromatic heterocycles. The van der Waals surface area contributed by atoms with Crippen LogP contribution in [0, 0.1) is 16.0 Å². The number of carbonyl (C=O) groups excluding carboxylic acids is 7. The zero-order valence-electron chi connectivity index (χ0n) is 19.5. The van der Waals surface area contributed by atoms with E-state index in [1.807, 2.05) is 0 Å². The molecular formula is C22H20N4O11. The molecule has 2 saturated heterocycles. The van der Waals surface area contributed by atoms with E-state index in [0.717, 1.165) is 11.0 Å². The number of rotatable bonds is 7. The van der Waals surface area contributed by atoms with Gasteiger partial charge in [0, 0.05) is 44.2 Å². The van der Waals surface area contributed by atoms with Crippen molar-refractivity contribution in [3.63, 3.8) is 0 Å². The van der Waals surface area contributed by atoms with Crippen molar-refractivity contribution in [3.8, 4) is 0 Å². The second kappa shape index (κ2) is 9.75. The molecule has 0 bridgehead atoms. The molecule has 1 aromatic carbocycles. The first-order valence-corrected chi connectivity index (χ1v) is 11.2. The molecule has 0 radical (unpaired) electrons. The number of amides is 5. The molecule has 37 heavy (non-hydrogen) atoms. The Morgan fingerprint density at radius 1 is 0.973 bits per heavy atom. The summed E-state index contributed by atoms with van der Waals surface area (Å²) in [5, 5.41) is 12.5. The molecule has 194 valence electrons. The van der Waals surface area contributed by atoms with Gasteiger partial charge in [-0.25, -0.2) is 9.59 Å². The summed E-state index contributed by atoms with van der Waals surface area (Å²) in [6, 6.07) is 2.14. The molecule has 1 unspecified atom stereocenters. The van der Waals surface area contributed by atoms with E-state index in [2.05, 4.69) is 0 Å². The van der Waals surface area contributed by atoms with Crippen LogP contribution < -0.4 is 4.90 Å². The highest BCUT2D eigenvalue weighted by Crippen LogP contribution is 2.39. The molecule has 3 heterocycles. The van der Waals surface area contributed by atoms with Crippen molar-refractivity contribution >= 4 is 52.8 Å². The van der Waals surface area contributed by atoms with Crippen LogP contribution in [-0.2, 0) is 44.9 Å². The van der Waals surface area contributed by atoms with Gasteiger partial charge in [-0.05, 0) is 18.1 Å². The lowest BCUT2D eigenvalue weighted by Gasteiger charge is -2.18. The van der Waals surface area contributed by atoms with Gasteiger partial charge in [-0.2, -0.15) is 0 Å². The molecule has 3 aliphatic rings. The molecular weight excluding hydrogens is 496 g/mol. The SMILES string of the molecule is CC1CC(=O)N(OC(=O)c2cc3c(c([N+](=O)[O-])c2)N(C(=O)CCC(=O)ON2C(=O)CCC2=O)CC3)C1=O. The third kappa shape index (κ3) is 4.87. The van der Waals surface area contributed by atoms with E-state index in [1.54, 1.807) is 0 Å². The van der Waals surface area contributed by atoms with Crippen LogP contribution in [0.1, 0.15) is 54.9 Å². The van der Waals surface area contributed by atoms with Crippen molar-refractivity contribution in [3.05, 3.63) is 33.4 Å². The lowest BCUT2D eigenvalue weighted by Crippen LogP contribution is -2.33. The van der Waals surface area contributed by atoms with Crippen molar-refractivity contribution in [1.29, 1.82) is 0 Å². The molecule has 1 atom stereocenters. The van der Waals surface area contributed by atoms with Gasteiger partial charge in [0.1, 0.15) is 5.69 Å². The van der Waals surface area contributed by atoms with Crippen molar-refractivity contribution in [2.75, 3.05) is 11.4 Å². The average molecular weight is 516 g/mol. The van der Waals surface area contributed by atoms with E-state index < -0.39 is 70.8 Å². The number of fused-ring (bicyclic) bond motifs is 1. The van der Waals surface area contributed by atoms with Gasteiger partial charge in [0.15, 0.2) is 0 Å². The summed E-state index contributed by atoms with van der Waals surface area (Å²) in [5.74, 6) is -6.23. The van der Waals surface area contributed by atoms with Crippen molar-refractivity contribution in [2.24, 2.45) is 5.92 Å². The number of hydroxylamine groups is 4. The Bertz CT molecular complexity index is 1260. The molecule has 15 nitrogen and oxygen atoms in total. The summed E-state index contributed by atoms with van der Waals surface area (Å²) in [6.45, 7) is 1.51. The van der Waals surface area contributed by atoms with Crippen LogP contribution in [0.2, 0.25) is 0 Å². The third-order valence-electron chi connectivity index (χ3n) is 6.02. The Morgan fingerprint density at radius 3 is 2.24 bits per heavy atom. The molecule has 1 aromatic rings. The summed E-state index contributed by atoms with van der Waals surface area (Å²) in [6.07, 6.45) is -1.07. The predicted octanol–water partition coefficient (Wildman–Crippen LogP) is 0.338. The molecule has 0 aliphatic carbocycles. The van der Waals surface area contributed by atoms with Crippen LogP contribution in [0.15, 0.2) is 12.1 Å². The first-order chi connectivity index (χ1) is 17.5. The van der Waals surface area contributed by atoms with Crippen LogP contribution in [-0.4, -0.2) is 63.1 Å². The van der Waals surface area contributed by atoms with E-state index in [1.165, 1.54) is 13.0 Å². The lowest BCUT2D eigenvalue weighted by molar-refractivity contribution is -0.384. The van der Waals surface area contributed by atoms with Crippen LogP contribution in [0.3, 0.4) is 0 Å². The summed E-state index contributed by atoms with van der Waals surface area (Å²) in [7, 11) is 0. The monoisotopic (exact) mass is 516 g/mol. The molecule has 0 spiro atoms. The molecule has 2 fully saturated rings. The van der Waals surface area contributed by atoms with Crippen molar-refractivity contribution in [2.45, 2.75) is 45.4 Å². The van der Waals surface area contributed by atoms with E-state index in [9.17, 15) is 43.7 Å². The molecule has 5 amide bonds. The number of benzene rings is 1. The van der Waals surface area contributed by atoms with Gasteiger partial charge in [0.2, 0.25) is 5.91 Å². The molecule has 4 rings (SSSR count). The molecule has 0 N–H and O–H groups in total. The lowest BCUT2D eigenvalue weighted by atomic mass is 10.1. The molecule has 3 aliphatic heterocycles. The summed E-state index contributed by atoms with van der Waals surface area (Å²) >= 11 is 0. The van der Waals surface area contributed by atoms with E-state index in [-0.39, 0.29) is 49.0 Å². The standard InChI is InChI=1S/C22H20N4O11/c1-11-8-18(30)25(21(11)32)37-22(33)13-9-12-6-7-23(20(12)14(10-13)26(34)35)15(27)4-5-19(31)36-24-16(28)2-3-17(24)29/h9-11H,2-8H2,1H3. The van der Waals surface area contributed by atoms with Crippen LogP contribution in [0.4, 0.5) is 11.4 Å². The first kappa shape index (κ1) is 25.4. The maximum atomic E-state index is 12.8. The zero-order chi connectivity index (χ0) is 27.0. The fraction of sp³-hybridized carbons (Fsp3) is 0.409. The first-order valence-electron chi connectivity index (χ1n) is 11.2.